The number of methoxy groups -OCH3 is 1. The highest BCUT2D eigenvalue weighted by molar-refractivity contribution is 6.36. The van der Waals surface area contributed by atoms with Gasteiger partial charge < -0.3 is 9.72 Å². The van der Waals surface area contributed by atoms with E-state index in [0.29, 0.717) is 10.5 Å². The number of fused-ring (bicyclic) bond motifs is 1. The molecule has 0 radical (unpaired) electrons. The molecule has 2 aromatic rings. The fourth-order valence-electron chi connectivity index (χ4n) is 1.37. The zero-order valence-corrected chi connectivity index (χ0v) is 8.26. The first-order valence-corrected chi connectivity index (χ1v) is 4.46. The molecular weight excluding hydrogens is 202 g/mol. The fraction of sp³-hybridized carbons (Fsp3) is 0.100. The third-order valence-electron chi connectivity index (χ3n) is 2.02. The number of nitrogens with one attached hydrogen (secondary N) is 1. The molecule has 3 nitrogen and oxygen atoms in total. The van der Waals surface area contributed by atoms with Crippen molar-refractivity contribution in [3.8, 4) is 5.75 Å². The Hall–Kier alpha value is -1.48. The minimum atomic E-state index is -0.309. The van der Waals surface area contributed by atoms with Crippen LogP contribution in [0.2, 0.25) is 5.02 Å². The van der Waals surface area contributed by atoms with Gasteiger partial charge in [-0.1, -0.05) is 29.8 Å². The maximum absolute atomic E-state index is 11.4. The fourth-order valence-corrected chi connectivity index (χ4v) is 1.69. The average molecular weight is 210 g/mol. The molecule has 4 heteroatoms. The van der Waals surface area contributed by atoms with E-state index in [9.17, 15) is 4.79 Å². The number of benzene rings is 1. The number of H-pyrrole nitrogens is 1. The lowest BCUT2D eigenvalue weighted by atomic mass is 10.2. The summed E-state index contributed by atoms with van der Waals surface area (Å²) in [5.74, 6) is 0.158. The van der Waals surface area contributed by atoms with E-state index in [1.807, 2.05) is 18.2 Å². The Morgan fingerprint density at radius 1 is 1.36 bits per heavy atom. The monoisotopic (exact) mass is 209 g/mol. The summed E-state index contributed by atoms with van der Waals surface area (Å²) in [6, 6.07) is 7.31. The summed E-state index contributed by atoms with van der Waals surface area (Å²) < 4.78 is 4.91. The van der Waals surface area contributed by atoms with Crippen molar-refractivity contribution in [1.82, 2.24) is 4.98 Å². The Kier molecular flexibility index (Phi) is 2.17. The van der Waals surface area contributed by atoms with Crippen molar-refractivity contribution in [2.24, 2.45) is 0 Å². The second kappa shape index (κ2) is 3.35. The van der Waals surface area contributed by atoms with E-state index >= 15 is 0 Å². The van der Waals surface area contributed by atoms with E-state index in [4.69, 9.17) is 16.3 Å². The van der Waals surface area contributed by atoms with Crippen LogP contribution in [0.3, 0.4) is 0 Å². The van der Waals surface area contributed by atoms with Crippen LogP contribution in [0, 0.1) is 0 Å². The second-order valence-electron chi connectivity index (χ2n) is 2.85. The largest absolute Gasteiger partial charge is 0.490 e. The van der Waals surface area contributed by atoms with Gasteiger partial charge in [0.15, 0.2) is 0 Å². The standard InChI is InChI=1S/C10H8ClNO2/c1-14-9-8(11)6-4-2-3-5-7(6)12-10(9)13/h2-5H,1H3,(H,12,13). The van der Waals surface area contributed by atoms with E-state index in [2.05, 4.69) is 4.98 Å². The molecule has 1 aromatic heterocycles. The molecule has 72 valence electrons. The number of halogens is 1. The molecule has 0 bridgehead atoms. The van der Waals surface area contributed by atoms with Gasteiger partial charge >= 0.3 is 0 Å². The van der Waals surface area contributed by atoms with E-state index < -0.39 is 0 Å². The molecule has 0 saturated carbocycles. The molecule has 14 heavy (non-hydrogen) atoms. The number of pyridine rings is 1. The lowest BCUT2D eigenvalue weighted by Gasteiger charge is -2.04. The Morgan fingerprint density at radius 3 is 2.79 bits per heavy atom. The van der Waals surface area contributed by atoms with Crippen LogP contribution in [-0.4, -0.2) is 12.1 Å². The molecule has 0 unspecified atom stereocenters. The Labute approximate surface area is 85.3 Å². The summed E-state index contributed by atoms with van der Waals surface area (Å²) in [5.41, 5.74) is 0.402. The number of hydrogen-bond acceptors (Lipinski definition) is 2. The number of aromatic amines is 1. The number of rotatable bonds is 1. The molecule has 1 N–H and O–H groups in total. The van der Waals surface area contributed by atoms with Gasteiger partial charge in [-0.25, -0.2) is 0 Å². The highest BCUT2D eigenvalue weighted by Gasteiger charge is 2.09. The summed E-state index contributed by atoms with van der Waals surface area (Å²) in [4.78, 5) is 14.1. The van der Waals surface area contributed by atoms with Crippen LogP contribution in [0.25, 0.3) is 10.9 Å². The SMILES string of the molecule is COc1c(Cl)c2ccccc2[nH]c1=O. The van der Waals surface area contributed by atoms with Crippen LogP contribution < -0.4 is 10.3 Å². The van der Waals surface area contributed by atoms with Gasteiger partial charge in [-0.3, -0.25) is 4.79 Å². The van der Waals surface area contributed by atoms with Crippen molar-refractivity contribution < 1.29 is 4.74 Å². The van der Waals surface area contributed by atoms with Gasteiger partial charge in [0.05, 0.1) is 17.6 Å². The maximum atomic E-state index is 11.4. The van der Waals surface area contributed by atoms with Crippen LogP contribution in [0.5, 0.6) is 5.75 Å². The smallest absolute Gasteiger partial charge is 0.292 e. The maximum Gasteiger partial charge on any atom is 0.292 e. The molecule has 0 amide bonds. The molecule has 0 saturated heterocycles. The zero-order chi connectivity index (χ0) is 10.1. The number of ether oxygens (including phenoxy) is 1. The summed E-state index contributed by atoms with van der Waals surface area (Å²) in [6.45, 7) is 0. The Balaban J connectivity index is 2.93. The van der Waals surface area contributed by atoms with Gasteiger partial charge in [0.2, 0.25) is 5.75 Å². The molecule has 2 rings (SSSR count). The van der Waals surface area contributed by atoms with Crippen LogP contribution >= 0.6 is 11.6 Å². The molecule has 0 aliphatic rings. The van der Waals surface area contributed by atoms with Gasteiger partial charge in [0.25, 0.3) is 5.56 Å². The Morgan fingerprint density at radius 2 is 2.07 bits per heavy atom. The quantitative estimate of drug-likeness (QED) is 0.782. The van der Waals surface area contributed by atoms with Gasteiger partial charge in [-0.05, 0) is 6.07 Å². The first-order chi connectivity index (χ1) is 6.74. The minimum absolute atomic E-state index is 0.158. The summed E-state index contributed by atoms with van der Waals surface area (Å²) in [7, 11) is 1.42. The lowest BCUT2D eigenvalue weighted by Crippen LogP contribution is -2.09. The summed E-state index contributed by atoms with van der Waals surface area (Å²) >= 11 is 6.00. The van der Waals surface area contributed by atoms with Crippen LogP contribution in [0.4, 0.5) is 0 Å². The van der Waals surface area contributed by atoms with Crippen molar-refractivity contribution >= 4 is 22.5 Å². The zero-order valence-electron chi connectivity index (χ0n) is 7.50. The van der Waals surface area contributed by atoms with Gasteiger partial charge in [0.1, 0.15) is 0 Å². The topological polar surface area (TPSA) is 42.1 Å². The van der Waals surface area contributed by atoms with Crippen LogP contribution in [0.1, 0.15) is 0 Å². The normalized spacial score (nSPS) is 10.4. The summed E-state index contributed by atoms with van der Waals surface area (Å²) in [6.07, 6.45) is 0. The molecule has 0 fully saturated rings. The highest BCUT2D eigenvalue weighted by Crippen LogP contribution is 2.27. The van der Waals surface area contributed by atoms with Gasteiger partial charge in [-0.15, -0.1) is 0 Å². The number of aromatic nitrogens is 1. The lowest BCUT2D eigenvalue weighted by molar-refractivity contribution is 0.409. The highest BCUT2D eigenvalue weighted by atomic mass is 35.5. The molecule has 0 spiro atoms. The third-order valence-corrected chi connectivity index (χ3v) is 2.40. The third kappa shape index (κ3) is 1.26. The summed E-state index contributed by atoms with van der Waals surface area (Å²) in [5, 5.41) is 1.14. The van der Waals surface area contributed by atoms with Crippen LogP contribution in [0.15, 0.2) is 29.1 Å². The van der Waals surface area contributed by atoms with Crippen molar-refractivity contribution in [2.75, 3.05) is 7.11 Å². The van der Waals surface area contributed by atoms with Gasteiger partial charge in [0, 0.05) is 5.39 Å². The molecule has 1 aromatic carbocycles. The predicted octanol–water partition coefficient (Wildman–Crippen LogP) is 2.19. The average Bonchev–Trinajstić information content (AvgIpc) is 2.18. The molecule has 0 aliphatic carbocycles. The Bertz CT molecular complexity index is 533. The van der Waals surface area contributed by atoms with Crippen molar-refractivity contribution in [3.63, 3.8) is 0 Å². The second-order valence-corrected chi connectivity index (χ2v) is 3.22. The van der Waals surface area contributed by atoms with Gasteiger partial charge in [-0.2, -0.15) is 0 Å². The number of para-hydroxylation sites is 1. The molecule has 0 aliphatic heterocycles. The van der Waals surface area contributed by atoms with Crippen molar-refractivity contribution in [2.45, 2.75) is 0 Å². The van der Waals surface area contributed by atoms with E-state index in [0.717, 1.165) is 5.39 Å². The van der Waals surface area contributed by atoms with E-state index in [1.165, 1.54) is 7.11 Å². The van der Waals surface area contributed by atoms with Crippen LogP contribution in [-0.2, 0) is 0 Å². The van der Waals surface area contributed by atoms with E-state index in [-0.39, 0.29) is 11.3 Å². The molecule has 1 heterocycles. The van der Waals surface area contributed by atoms with Crippen molar-refractivity contribution in [3.05, 3.63) is 39.6 Å². The number of hydrogen-bond donors (Lipinski definition) is 1. The molecule has 0 atom stereocenters. The first kappa shape index (κ1) is 9.09. The first-order valence-electron chi connectivity index (χ1n) is 4.08. The minimum Gasteiger partial charge on any atom is -0.490 e. The van der Waals surface area contributed by atoms with E-state index in [1.54, 1.807) is 6.07 Å². The predicted molar refractivity (Wildman–Crippen MR) is 56.1 cm³/mol. The van der Waals surface area contributed by atoms with Crippen molar-refractivity contribution in [1.29, 1.82) is 0 Å². The molecular formula is C10H8ClNO2.